The molecule has 0 saturated carbocycles. The van der Waals surface area contributed by atoms with Crippen molar-refractivity contribution in [3.05, 3.63) is 27.3 Å². The molecule has 1 unspecified atom stereocenters. The molecule has 0 aliphatic heterocycles. The van der Waals surface area contributed by atoms with Gasteiger partial charge >= 0.3 is 0 Å². The summed E-state index contributed by atoms with van der Waals surface area (Å²) < 4.78 is 0.880. The topological polar surface area (TPSA) is 46.2 Å². The van der Waals surface area contributed by atoms with E-state index in [1.807, 2.05) is 19.1 Å². The fraction of sp³-hybridized carbons (Fsp3) is 0.333. The number of hydrogen-bond donors (Lipinski definition) is 2. The van der Waals surface area contributed by atoms with Gasteiger partial charge in [0, 0.05) is 6.04 Å². The molecule has 0 spiro atoms. The lowest BCUT2D eigenvalue weighted by atomic mass is 10.1. The summed E-state index contributed by atoms with van der Waals surface area (Å²) >= 11 is 2.11. The van der Waals surface area contributed by atoms with Crippen LogP contribution in [0.5, 0.6) is 5.75 Å². The van der Waals surface area contributed by atoms with E-state index in [4.69, 9.17) is 5.73 Å². The minimum absolute atomic E-state index is 0.172. The number of benzene rings is 1. The van der Waals surface area contributed by atoms with Gasteiger partial charge in [0.25, 0.3) is 0 Å². The molecule has 0 bridgehead atoms. The molecule has 0 amide bonds. The number of aromatic hydroxyl groups is 1. The van der Waals surface area contributed by atoms with Crippen LogP contribution in [0.25, 0.3) is 0 Å². The van der Waals surface area contributed by atoms with E-state index in [1.54, 1.807) is 6.07 Å². The second-order valence-corrected chi connectivity index (χ2v) is 4.13. The van der Waals surface area contributed by atoms with Crippen LogP contribution >= 0.6 is 22.6 Å². The minimum Gasteiger partial charge on any atom is -0.507 e. The van der Waals surface area contributed by atoms with E-state index in [2.05, 4.69) is 22.6 Å². The van der Waals surface area contributed by atoms with Crippen LogP contribution in [-0.4, -0.2) is 11.1 Å². The van der Waals surface area contributed by atoms with Gasteiger partial charge in [0.15, 0.2) is 0 Å². The Hall–Kier alpha value is -0.290. The zero-order valence-electron chi connectivity index (χ0n) is 6.92. The molecule has 0 saturated heterocycles. The molecule has 0 heterocycles. The van der Waals surface area contributed by atoms with Crippen LogP contribution in [0.2, 0.25) is 0 Å². The van der Waals surface area contributed by atoms with Gasteiger partial charge < -0.3 is 10.8 Å². The first-order chi connectivity index (χ1) is 5.59. The third-order valence-corrected chi connectivity index (χ3v) is 2.43. The molecular formula is C9H12INO. The average molecular weight is 277 g/mol. The van der Waals surface area contributed by atoms with Crippen LogP contribution in [0.3, 0.4) is 0 Å². The quantitative estimate of drug-likeness (QED) is 0.811. The van der Waals surface area contributed by atoms with Crippen molar-refractivity contribution in [1.29, 1.82) is 0 Å². The van der Waals surface area contributed by atoms with E-state index < -0.39 is 0 Å². The summed E-state index contributed by atoms with van der Waals surface area (Å²) in [7, 11) is 0. The Balaban J connectivity index is 2.82. The summed E-state index contributed by atoms with van der Waals surface area (Å²) in [4.78, 5) is 0. The SMILES string of the molecule is CC(N)Cc1ccc(O)c(I)c1. The van der Waals surface area contributed by atoms with E-state index in [0.29, 0.717) is 5.75 Å². The first-order valence-electron chi connectivity index (χ1n) is 3.82. The molecule has 1 atom stereocenters. The lowest BCUT2D eigenvalue weighted by molar-refractivity contribution is 0.471. The van der Waals surface area contributed by atoms with Crippen molar-refractivity contribution < 1.29 is 5.11 Å². The van der Waals surface area contributed by atoms with Gasteiger partial charge in [-0.3, -0.25) is 0 Å². The van der Waals surface area contributed by atoms with Crippen molar-refractivity contribution in [3.8, 4) is 5.75 Å². The Labute approximate surface area is 85.9 Å². The summed E-state index contributed by atoms with van der Waals surface area (Å²) in [5, 5.41) is 9.24. The summed E-state index contributed by atoms with van der Waals surface area (Å²) in [5.74, 6) is 0.337. The van der Waals surface area contributed by atoms with E-state index in [-0.39, 0.29) is 6.04 Å². The summed E-state index contributed by atoms with van der Waals surface area (Å²) in [6.07, 6.45) is 0.857. The number of hydrogen-bond acceptors (Lipinski definition) is 2. The molecule has 1 rings (SSSR count). The Kier molecular flexibility index (Phi) is 3.34. The highest BCUT2D eigenvalue weighted by Gasteiger charge is 2.01. The van der Waals surface area contributed by atoms with Gasteiger partial charge in [-0.05, 0) is 53.6 Å². The Morgan fingerprint density at radius 3 is 2.75 bits per heavy atom. The molecule has 0 radical (unpaired) electrons. The highest BCUT2D eigenvalue weighted by atomic mass is 127. The highest BCUT2D eigenvalue weighted by Crippen LogP contribution is 2.20. The molecule has 1 aromatic rings. The molecule has 12 heavy (non-hydrogen) atoms. The van der Waals surface area contributed by atoms with E-state index in [1.165, 1.54) is 5.56 Å². The largest absolute Gasteiger partial charge is 0.507 e. The standard InChI is InChI=1S/C9H12INO/c1-6(11)4-7-2-3-9(12)8(10)5-7/h2-3,5-6,12H,4,11H2,1H3. The van der Waals surface area contributed by atoms with Crippen LogP contribution < -0.4 is 5.73 Å². The lowest BCUT2D eigenvalue weighted by Crippen LogP contribution is -2.17. The number of phenols is 1. The van der Waals surface area contributed by atoms with E-state index >= 15 is 0 Å². The number of rotatable bonds is 2. The highest BCUT2D eigenvalue weighted by molar-refractivity contribution is 14.1. The zero-order valence-corrected chi connectivity index (χ0v) is 9.08. The molecule has 3 N–H and O–H groups in total. The van der Waals surface area contributed by atoms with Crippen LogP contribution in [0.1, 0.15) is 12.5 Å². The van der Waals surface area contributed by atoms with Gasteiger partial charge in [-0.15, -0.1) is 0 Å². The molecule has 66 valence electrons. The van der Waals surface area contributed by atoms with E-state index in [0.717, 1.165) is 9.99 Å². The molecule has 3 heteroatoms. The second-order valence-electron chi connectivity index (χ2n) is 2.97. The van der Waals surface area contributed by atoms with Crippen molar-refractivity contribution in [2.24, 2.45) is 5.73 Å². The van der Waals surface area contributed by atoms with Crippen molar-refractivity contribution in [3.63, 3.8) is 0 Å². The van der Waals surface area contributed by atoms with Gasteiger partial charge in [0.05, 0.1) is 3.57 Å². The van der Waals surface area contributed by atoms with Crippen LogP contribution in [0, 0.1) is 3.57 Å². The third-order valence-electron chi connectivity index (χ3n) is 1.57. The van der Waals surface area contributed by atoms with E-state index in [9.17, 15) is 5.11 Å². The fourth-order valence-electron chi connectivity index (χ4n) is 1.05. The van der Waals surface area contributed by atoms with Gasteiger partial charge in [-0.2, -0.15) is 0 Å². The van der Waals surface area contributed by atoms with Gasteiger partial charge in [0.2, 0.25) is 0 Å². The molecule has 2 nitrogen and oxygen atoms in total. The smallest absolute Gasteiger partial charge is 0.128 e. The van der Waals surface area contributed by atoms with Crippen LogP contribution in [0.4, 0.5) is 0 Å². The summed E-state index contributed by atoms with van der Waals surface area (Å²) in [6.45, 7) is 1.97. The lowest BCUT2D eigenvalue weighted by Gasteiger charge is -2.05. The average Bonchev–Trinajstić information content (AvgIpc) is 1.96. The fourth-order valence-corrected chi connectivity index (χ4v) is 1.63. The van der Waals surface area contributed by atoms with Crippen LogP contribution in [0.15, 0.2) is 18.2 Å². The normalized spacial score (nSPS) is 12.9. The molecule has 0 aliphatic rings. The molecule has 0 aliphatic carbocycles. The molecule has 0 fully saturated rings. The Morgan fingerprint density at radius 1 is 1.58 bits per heavy atom. The van der Waals surface area contributed by atoms with Crippen molar-refractivity contribution in [1.82, 2.24) is 0 Å². The third kappa shape index (κ3) is 2.64. The second kappa shape index (κ2) is 4.09. The maximum Gasteiger partial charge on any atom is 0.128 e. The molecule has 1 aromatic carbocycles. The van der Waals surface area contributed by atoms with Crippen LogP contribution in [-0.2, 0) is 6.42 Å². The molecule has 0 aromatic heterocycles. The first-order valence-corrected chi connectivity index (χ1v) is 4.90. The predicted molar refractivity (Wildman–Crippen MR) is 58.2 cm³/mol. The van der Waals surface area contributed by atoms with Crippen molar-refractivity contribution in [2.45, 2.75) is 19.4 Å². The summed E-state index contributed by atoms with van der Waals surface area (Å²) in [6, 6.07) is 5.74. The minimum atomic E-state index is 0.172. The maximum absolute atomic E-state index is 9.24. The predicted octanol–water partition coefficient (Wildman–Crippen LogP) is 1.89. The maximum atomic E-state index is 9.24. The number of nitrogens with two attached hydrogens (primary N) is 1. The number of phenolic OH excluding ortho intramolecular Hbond substituents is 1. The van der Waals surface area contributed by atoms with Crippen molar-refractivity contribution >= 4 is 22.6 Å². The van der Waals surface area contributed by atoms with Gasteiger partial charge in [-0.25, -0.2) is 0 Å². The van der Waals surface area contributed by atoms with Gasteiger partial charge in [0.1, 0.15) is 5.75 Å². The summed E-state index contributed by atoms with van der Waals surface area (Å²) in [5.41, 5.74) is 6.82. The monoisotopic (exact) mass is 277 g/mol. The Bertz CT molecular complexity index is 273. The Morgan fingerprint density at radius 2 is 2.25 bits per heavy atom. The zero-order chi connectivity index (χ0) is 9.14. The van der Waals surface area contributed by atoms with Gasteiger partial charge in [-0.1, -0.05) is 6.07 Å². The number of halogens is 1. The molecular weight excluding hydrogens is 265 g/mol. The first kappa shape index (κ1) is 9.80. The van der Waals surface area contributed by atoms with Crippen molar-refractivity contribution in [2.75, 3.05) is 0 Å².